The van der Waals surface area contributed by atoms with E-state index in [1.54, 1.807) is 54.6 Å². The average Bonchev–Trinajstić information content (AvgIpc) is 3.53. The van der Waals surface area contributed by atoms with Crippen molar-refractivity contribution in [3.63, 3.8) is 0 Å². The molecule has 38 heavy (non-hydrogen) atoms. The Labute approximate surface area is 225 Å². The summed E-state index contributed by atoms with van der Waals surface area (Å²) in [6.07, 6.45) is 7.83. The number of halogens is 2. The fraction of sp³-hybridized carbons (Fsp3) is 0.414. The van der Waals surface area contributed by atoms with E-state index in [2.05, 4.69) is 10.6 Å². The summed E-state index contributed by atoms with van der Waals surface area (Å²) in [6.45, 7) is -0.100. The number of hydrogen-bond acceptors (Lipinski definition) is 4. The predicted octanol–water partition coefficient (Wildman–Crippen LogP) is 4.22. The van der Waals surface area contributed by atoms with Crippen LogP contribution >= 0.6 is 11.6 Å². The smallest absolute Gasteiger partial charge is 0.246 e. The number of nitrogens with one attached hydrogen (secondary N) is 2. The molecule has 0 aromatic heterocycles. The molecule has 5 atom stereocenters. The average molecular weight is 538 g/mol. The van der Waals surface area contributed by atoms with Gasteiger partial charge in [0.25, 0.3) is 0 Å². The van der Waals surface area contributed by atoms with Crippen molar-refractivity contribution < 1.29 is 23.5 Å². The minimum absolute atomic E-state index is 0.0154. The van der Waals surface area contributed by atoms with Crippen molar-refractivity contribution >= 4 is 35.0 Å². The molecule has 2 bridgehead atoms. The number of anilines is 1. The van der Waals surface area contributed by atoms with E-state index in [4.69, 9.17) is 16.3 Å². The van der Waals surface area contributed by atoms with Crippen LogP contribution in [0.5, 0.6) is 0 Å². The summed E-state index contributed by atoms with van der Waals surface area (Å²) in [5.41, 5.74) is -0.503. The third-order valence-electron chi connectivity index (χ3n) is 8.27. The van der Waals surface area contributed by atoms with E-state index in [-0.39, 0.29) is 24.4 Å². The van der Waals surface area contributed by atoms with E-state index in [1.807, 2.05) is 0 Å². The highest BCUT2D eigenvalue weighted by atomic mass is 35.5. The number of ether oxygens (including phenoxy) is 1. The molecule has 3 heterocycles. The lowest BCUT2D eigenvalue weighted by atomic mass is 9.74. The highest BCUT2D eigenvalue weighted by molar-refractivity contribution is 6.30. The van der Waals surface area contributed by atoms with Gasteiger partial charge in [-0.15, -0.1) is 0 Å². The summed E-state index contributed by atoms with van der Waals surface area (Å²) >= 11 is 6.08. The topological polar surface area (TPSA) is 87.7 Å². The lowest BCUT2D eigenvalue weighted by Gasteiger charge is -2.34. The summed E-state index contributed by atoms with van der Waals surface area (Å²) in [4.78, 5) is 42.8. The van der Waals surface area contributed by atoms with Gasteiger partial charge >= 0.3 is 0 Å². The van der Waals surface area contributed by atoms with Gasteiger partial charge in [0, 0.05) is 28.9 Å². The molecule has 1 aliphatic carbocycles. The Bertz CT molecular complexity index is 1310. The lowest BCUT2D eigenvalue weighted by molar-refractivity contribution is -0.142. The van der Waals surface area contributed by atoms with Crippen LogP contribution in [-0.2, 0) is 25.7 Å². The van der Waals surface area contributed by atoms with Gasteiger partial charge in [-0.25, -0.2) is 4.39 Å². The van der Waals surface area contributed by atoms with Gasteiger partial charge in [0.2, 0.25) is 17.7 Å². The first kappa shape index (κ1) is 25.1. The van der Waals surface area contributed by atoms with Gasteiger partial charge in [-0.1, -0.05) is 67.3 Å². The Kier molecular flexibility index (Phi) is 6.48. The highest BCUT2D eigenvalue weighted by Gasteiger charge is 2.72. The fourth-order valence-corrected chi connectivity index (χ4v) is 6.76. The molecular weight excluding hydrogens is 509 g/mol. The lowest BCUT2D eigenvalue weighted by Crippen LogP contribution is -2.56. The van der Waals surface area contributed by atoms with Gasteiger partial charge in [-0.05, 0) is 37.1 Å². The molecule has 0 radical (unpaired) electrons. The zero-order valence-corrected chi connectivity index (χ0v) is 21.5. The van der Waals surface area contributed by atoms with Gasteiger partial charge < -0.3 is 20.3 Å². The van der Waals surface area contributed by atoms with Crippen LogP contribution in [0.25, 0.3) is 0 Å². The summed E-state index contributed by atoms with van der Waals surface area (Å²) < 4.78 is 21.0. The number of fused-ring (bicyclic) bond motifs is 1. The molecule has 6 rings (SSSR count). The summed E-state index contributed by atoms with van der Waals surface area (Å²) in [5.74, 6) is -3.33. The van der Waals surface area contributed by atoms with Crippen LogP contribution in [0.4, 0.5) is 10.1 Å². The Morgan fingerprint density at radius 1 is 1.08 bits per heavy atom. The molecule has 2 saturated heterocycles. The molecule has 4 aliphatic rings. The Balaban J connectivity index is 1.34. The van der Waals surface area contributed by atoms with Crippen molar-refractivity contribution in [2.75, 3.05) is 5.32 Å². The number of benzene rings is 2. The van der Waals surface area contributed by atoms with Gasteiger partial charge in [-0.3, -0.25) is 14.4 Å². The first-order valence-corrected chi connectivity index (χ1v) is 13.5. The molecule has 3 fully saturated rings. The fourth-order valence-electron chi connectivity index (χ4n) is 6.57. The Morgan fingerprint density at radius 2 is 1.87 bits per heavy atom. The van der Waals surface area contributed by atoms with Gasteiger partial charge in [0.15, 0.2) is 0 Å². The van der Waals surface area contributed by atoms with E-state index in [9.17, 15) is 18.8 Å². The van der Waals surface area contributed by atoms with E-state index >= 15 is 0 Å². The quantitative estimate of drug-likeness (QED) is 0.540. The first-order chi connectivity index (χ1) is 18.4. The summed E-state index contributed by atoms with van der Waals surface area (Å²) in [6, 6.07) is 12.0. The number of carbonyl (C=O) groups excluding carboxylic acids is 3. The number of carbonyl (C=O) groups is 3. The number of nitrogens with zero attached hydrogens (tertiary/aromatic N) is 1. The highest BCUT2D eigenvalue weighted by Crippen LogP contribution is 2.55. The normalized spacial score (nSPS) is 29.9. The number of rotatable bonds is 6. The van der Waals surface area contributed by atoms with E-state index in [1.165, 1.54) is 11.0 Å². The van der Waals surface area contributed by atoms with E-state index < -0.39 is 41.3 Å². The minimum Gasteiger partial charge on any atom is -0.359 e. The maximum absolute atomic E-state index is 14.7. The van der Waals surface area contributed by atoms with Crippen molar-refractivity contribution in [2.45, 2.75) is 62.4 Å². The van der Waals surface area contributed by atoms with Crippen LogP contribution < -0.4 is 10.6 Å². The monoisotopic (exact) mass is 537 g/mol. The molecule has 1 saturated carbocycles. The SMILES string of the molecule is O=C(Nc1cccc(Cl)c1)[C@@H]1[C@H]2C=C[C@@]3(O2)[C@H]1C(=O)N(Cc1ccccc1F)[C@@H]3C(=O)NC1CCCCC1. The summed E-state index contributed by atoms with van der Waals surface area (Å²) in [5, 5.41) is 6.46. The van der Waals surface area contributed by atoms with Crippen LogP contribution in [0, 0.1) is 17.7 Å². The Morgan fingerprint density at radius 3 is 2.63 bits per heavy atom. The molecule has 3 amide bonds. The summed E-state index contributed by atoms with van der Waals surface area (Å²) in [7, 11) is 0. The molecular formula is C29H29ClFN3O4. The van der Waals surface area contributed by atoms with Crippen LogP contribution in [0.2, 0.25) is 5.02 Å². The largest absolute Gasteiger partial charge is 0.359 e. The van der Waals surface area contributed by atoms with E-state index in [0.717, 1.165) is 32.1 Å². The van der Waals surface area contributed by atoms with Crippen molar-refractivity contribution in [1.29, 1.82) is 0 Å². The Hall–Kier alpha value is -3.23. The number of amides is 3. The van der Waals surface area contributed by atoms with Crippen LogP contribution in [0.3, 0.4) is 0 Å². The number of likely N-dealkylation sites (tertiary alicyclic amines) is 1. The van der Waals surface area contributed by atoms with Gasteiger partial charge in [0.05, 0.1) is 17.9 Å². The number of hydrogen-bond donors (Lipinski definition) is 2. The second-order valence-electron chi connectivity index (χ2n) is 10.6. The van der Waals surface area contributed by atoms with Crippen LogP contribution in [-0.4, -0.2) is 46.4 Å². The molecule has 198 valence electrons. The zero-order chi connectivity index (χ0) is 26.4. The maximum Gasteiger partial charge on any atom is 0.246 e. The minimum atomic E-state index is -1.30. The maximum atomic E-state index is 14.7. The van der Waals surface area contributed by atoms with Crippen molar-refractivity contribution in [1.82, 2.24) is 10.2 Å². The third-order valence-corrected chi connectivity index (χ3v) is 8.50. The molecule has 1 spiro atoms. The van der Waals surface area contributed by atoms with Crippen molar-refractivity contribution in [3.8, 4) is 0 Å². The second kappa shape index (κ2) is 9.82. The molecule has 7 nitrogen and oxygen atoms in total. The predicted molar refractivity (Wildman–Crippen MR) is 140 cm³/mol. The first-order valence-electron chi connectivity index (χ1n) is 13.2. The van der Waals surface area contributed by atoms with Gasteiger partial charge in [0.1, 0.15) is 17.5 Å². The van der Waals surface area contributed by atoms with E-state index in [0.29, 0.717) is 16.3 Å². The zero-order valence-electron chi connectivity index (χ0n) is 20.7. The molecule has 2 aromatic rings. The standard InChI is InChI=1S/C29H29ClFN3O4/c30-18-8-6-11-20(15-18)33-26(35)23-22-13-14-29(38-22)24(23)28(37)34(16-17-7-4-5-12-21(17)31)25(29)27(36)32-19-9-2-1-3-10-19/h4-8,11-15,19,22-25H,1-3,9-10,16H2,(H,32,36)(H,33,35)/t22-,23-,24-,25-,29-/m1/s1. The molecule has 0 unspecified atom stereocenters. The van der Waals surface area contributed by atoms with Crippen molar-refractivity contribution in [2.24, 2.45) is 11.8 Å². The molecule has 9 heteroatoms. The second-order valence-corrected chi connectivity index (χ2v) is 11.0. The van der Waals surface area contributed by atoms with Crippen LogP contribution in [0.1, 0.15) is 37.7 Å². The molecule has 3 aliphatic heterocycles. The molecule has 2 N–H and O–H groups in total. The van der Waals surface area contributed by atoms with Crippen molar-refractivity contribution in [3.05, 3.63) is 77.1 Å². The van der Waals surface area contributed by atoms with Gasteiger partial charge in [-0.2, -0.15) is 0 Å². The third kappa shape index (κ3) is 4.20. The van der Waals surface area contributed by atoms with Crippen LogP contribution in [0.15, 0.2) is 60.7 Å². The molecule has 2 aromatic carbocycles.